The standard InChI is InChI=1S/C20H34O4Si/c1-18(2,3)25(6,7)22-11-20-13-9-8-12(10-13)14(20)15(21)16-17(20)24-19(4,5)23-16/h8-9,12-17,21H,10-11H2,1-7H3/t12?,13?,14?,15?,16-,17-,20-/m0/s1. The Morgan fingerprint density at radius 1 is 1.20 bits per heavy atom. The minimum atomic E-state index is -1.87. The monoisotopic (exact) mass is 366 g/mol. The highest BCUT2D eigenvalue weighted by atomic mass is 28.4. The van der Waals surface area contributed by atoms with Crippen molar-refractivity contribution in [3.63, 3.8) is 0 Å². The first-order valence-corrected chi connectivity index (χ1v) is 12.7. The van der Waals surface area contributed by atoms with Crippen LogP contribution >= 0.6 is 0 Å². The Hall–Kier alpha value is -0.203. The van der Waals surface area contributed by atoms with Crippen LogP contribution in [-0.2, 0) is 13.9 Å². The molecule has 4 aliphatic rings. The molecule has 1 N–H and O–H groups in total. The van der Waals surface area contributed by atoms with E-state index in [-0.39, 0.29) is 28.6 Å². The topological polar surface area (TPSA) is 47.9 Å². The molecule has 2 bridgehead atoms. The van der Waals surface area contributed by atoms with Gasteiger partial charge in [-0.1, -0.05) is 32.9 Å². The molecule has 2 saturated carbocycles. The minimum Gasteiger partial charge on any atom is -0.416 e. The zero-order valence-electron chi connectivity index (χ0n) is 16.7. The first kappa shape index (κ1) is 18.2. The molecule has 3 fully saturated rings. The van der Waals surface area contributed by atoms with Crippen LogP contribution in [0.15, 0.2) is 12.2 Å². The molecule has 4 rings (SSSR count). The fourth-order valence-corrected chi connectivity index (χ4v) is 6.52. The molecule has 25 heavy (non-hydrogen) atoms. The van der Waals surface area contributed by atoms with Crippen LogP contribution in [0.2, 0.25) is 18.1 Å². The number of aliphatic hydroxyl groups is 1. The molecular weight excluding hydrogens is 332 g/mol. The van der Waals surface area contributed by atoms with Crippen LogP contribution in [0, 0.1) is 23.2 Å². The summed E-state index contributed by atoms with van der Waals surface area (Å²) in [6, 6.07) is 0. The van der Waals surface area contributed by atoms with Crippen LogP contribution in [0.25, 0.3) is 0 Å². The van der Waals surface area contributed by atoms with E-state index in [2.05, 4.69) is 46.0 Å². The molecule has 1 saturated heterocycles. The average Bonchev–Trinajstić information content (AvgIpc) is 3.17. The minimum absolute atomic E-state index is 0.0766. The molecule has 0 amide bonds. The Labute approximate surface area is 153 Å². The lowest BCUT2D eigenvalue weighted by atomic mass is 9.69. The molecule has 0 aromatic rings. The molecule has 7 atom stereocenters. The van der Waals surface area contributed by atoms with Crippen molar-refractivity contribution in [1.29, 1.82) is 0 Å². The molecule has 1 heterocycles. The SMILES string of the molecule is CC1(C)O[C@H]2C(O)C3C4C=CC(C4)[C@]3(CO[Si](C)(C)C(C)(C)C)[C@H]2O1. The number of rotatable bonds is 3. The van der Waals surface area contributed by atoms with E-state index in [9.17, 15) is 5.11 Å². The summed E-state index contributed by atoms with van der Waals surface area (Å²) < 4.78 is 19.2. The van der Waals surface area contributed by atoms with Gasteiger partial charge in [0.15, 0.2) is 14.1 Å². The molecule has 0 radical (unpaired) electrons. The third kappa shape index (κ3) is 2.39. The average molecular weight is 367 g/mol. The second kappa shape index (κ2) is 5.19. The maximum atomic E-state index is 11.1. The van der Waals surface area contributed by atoms with Crippen molar-refractivity contribution < 1.29 is 19.0 Å². The van der Waals surface area contributed by atoms with Gasteiger partial charge in [-0.3, -0.25) is 0 Å². The number of hydrogen-bond donors (Lipinski definition) is 1. The highest BCUT2D eigenvalue weighted by Crippen LogP contribution is 2.67. The van der Waals surface area contributed by atoms with Gasteiger partial charge in [-0.15, -0.1) is 0 Å². The number of allylic oxidation sites excluding steroid dienone is 2. The van der Waals surface area contributed by atoms with Gasteiger partial charge >= 0.3 is 0 Å². The summed E-state index contributed by atoms with van der Waals surface area (Å²) in [5, 5.41) is 11.3. The molecule has 0 spiro atoms. The van der Waals surface area contributed by atoms with Crippen molar-refractivity contribution in [2.24, 2.45) is 23.2 Å². The van der Waals surface area contributed by atoms with Gasteiger partial charge in [0, 0.05) is 17.9 Å². The fraction of sp³-hybridized carbons (Fsp3) is 0.900. The molecule has 4 unspecified atom stereocenters. The van der Waals surface area contributed by atoms with Crippen LogP contribution < -0.4 is 0 Å². The number of ether oxygens (including phenoxy) is 2. The Balaban J connectivity index is 1.68. The summed E-state index contributed by atoms with van der Waals surface area (Å²) in [5.41, 5.74) is -0.146. The van der Waals surface area contributed by atoms with E-state index in [4.69, 9.17) is 13.9 Å². The van der Waals surface area contributed by atoms with Crippen molar-refractivity contribution >= 4 is 8.32 Å². The predicted octanol–water partition coefficient (Wildman–Crippen LogP) is 3.71. The summed E-state index contributed by atoms with van der Waals surface area (Å²) in [7, 11) is -1.87. The number of aliphatic hydroxyl groups excluding tert-OH is 1. The van der Waals surface area contributed by atoms with Crippen molar-refractivity contribution in [3.05, 3.63) is 12.2 Å². The van der Waals surface area contributed by atoms with Crippen LogP contribution in [0.4, 0.5) is 0 Å². The van der Waals surface area contributed by atoms with E-state index in [0.29, 0.717) is 18.4 Å². The Morgan fingerprint density at radius 2 is 1.88 bits per heavy atom. The van der Waals surface area contributed by atoms with E-state index in [0.717, 1.165) is 6.42 Å². The second-order valence-corrected chi connectivity index (χ2v) is 15.4. The summed E-state index contributed by atoms with van der Waals surface area (Å²) in [5.74, 6) is 0.424. The van der Waals surface area contributed by atoms with E-state index in [1.165, 1.54) is 0 Å². The van der Waals surface area contributed by atoms with E-state index in [1.54, 1.807) is 0 Å². The predicted molar refractivity (Wildman–Crippen MR) is 99.6 cm³/mol. The van der Waals surface area contributed by atoms with Gasteiger partial charge in [0.25, 0.3) is 0 Å². The molecule has 0 aromatic heterocycles. The first-order chi connectivity index (χ1) is 11.4. The first-order valence-electron chi connectivity index (χ1n) is 9.75. The maximum absolute atomic E-state index is 11.1. The van der Waals surface area contributed by atoms with Crippen molar-refractivity contribution in [2.75, 3.05) is 6.61 Å². The zero-order valence-corrected chi connectivity index (χ0v) is 17.7. The largest absolute Gasteiger partial charge is 0.416 e. The van der Waals surface area contributed by atoms with Crippen LogP contribution in [0.5, 0.6) is 0 Å². The van der Waals surface area contributed by atoms with Gasteiger partial charge in [-0.2, -0.15) is 0 Å². The van der Waals surface area contributed by atoms with Crippen molar-refractivity contribution in [3.8, 4) is 0 Å². The summed E-state index contributed by atoms with van der Waals surface area (Å²) in [6.45, 7) is 16.0. The third-order valence-electron chi connectivity index (χ3n) is 7.74. The smallest absolute Gasteiger partial charge is 0.192 e. The molecule has 1 aliphatic heterocycles. The maximum Gasteiger partial charge on any atom is 0.192 e. The quantitative estimate of drug-likeness (QED) is 0.611. The number of fused-ring (bicyclic) bond motifs is 7. The van der Waals surface area contributed by atoms with E-state index >= 15 is 0 Å². The fourth-order valence-electron chi connectivity index (χ4n) is 5.48. The van der Waals surface area contributed by atoms with Crippen molar-refractivity contribution in [2.45, 2.75) is 83.3 Å². The molecule has 3 aliphatic carbocycles. The van der Waals surface area contributed by atoms with E-state index in [1.807, 2.05) is 13.8 Å². The van der Waals surface area contributed by atoms with Gasteiger partial charge in [-0.05, 0) is 50.2 Å². The molecule has 5 heteroatoms. The zero-order chi connectivity index (χ0) is 18.4. The lowest BCUT2D eigenvalue weighted by molar-refractivity contribution is -0.190. The lowest BCUT2D eigenvalue weighted by Gasteiger charge is -2.45. The van der Waals surface area contributed by atoms with Crippen LogP contribution in [0.1, 0.15) is 41.0 Å². The highest BCUT2D eigenvalue weighted by Gasteiger charge is 2.73. The molecule has 142 valence electrons. The Kier molecular flexibility index (Phi) is 3.78. The van der Waals surface area contributed by atoms with Crippen molar-refractivity contribution in [1.82, 2.24) is 0 Å². The second-order valence-electron chi connectivity index (χ2n) is 10.6. The van der Waals surface area contributed by atoms with Gasteiger partial charge in [-0.25, -0.2) is 0 Å². The normalized spacial score (nSPS) is 47.4. The van der Waals surface area contributed by atoms with E-state index < -0.39 is 20.2 Å². The van der Waals surface area contributed by atoms with Crippen LogP contribution in [-0.4, -0.2) is 44.1 Å². The summed E-state index contributed by atoms with van der Waals surface area (Å²) >= 11 is 0. The molecule has 4 nitrogen and oxygen atoms in total. The molecular formula is C20H34O4Si. The highest BCUT2D eigenvalue weighted by molar-refractivity contribution is 6.74. The summed E-state index contributed by atoms with van der Waals surface area (Å²) in [4.78, 5) is 0. The Morgan fingerprint density at radius 3 is 2.52 bits per heavy atom. The lowest BCUT2D eigenvalue weighted by Crippen LogP contribution is -2.51. The van der Waals surface area contributed by atoms with Gasteiger partial charge < -0.3 is 19.0 Å². The molecule has 0 aromatic carbocycles. The van der Waals surface area contributed by atoms with Gasteiger partial charge in [0.2, 0.25) is 0 Å². The van der Waals surface area contributed by atoms with Gasteiger partial charge in [0.05, 0.1) is 12.2 Å². The van der Waals surface area contributed by atoms with Gasteiger partial charge in [0.1, 0.15) is 6.10 Å². The Bertz CT molecular complexity index is 593. The number of hydrogen-bond acceptors (Lipinski definition) is 4. The summed E-state index contributed by atoms with van der Waals surface area (Å²) in [6.07, 6.45) is 5.00. The van der Waals surface area contributed by atoms with Crippen LogP contribution in [0.3, 0.4) is 0 Å². The third-order valence-corrected chi connectivity index (χ3v) is 12.2.